The molecule has 0 aromatic heterocycles. The number of aromatic hydroxyl groups is 1. The van der Waals surface area contributed by atoms with Crippen molar-refractivity contribution in [3.8, 4) is 11.5 Å². The third-order valence-corrected chi connectivity index (χ3v) is 2.44. The fourth-order valence-corrected chi connectivity index (χ4v) is 1.63. The lowest BCUT2D eigenvalue weighted by Gasteiger charge is -2.24. The highest BCUT2D eigenvalue weighted by molar-refractivity contribution is 5.32. The minimum Gasteiger partial charge on any atom is -0.505 e. The molecule has 1 atom stereocenters. The van der Waals surface area contributed by atoms with Crippen LogP contribution in [-0.4, -0.2) is 17.5 Å². The number of hydrogen-bond donors (Lipinski definition) is 1. The third-order valence-electron chi connectivity index (χ3n) is 2.44. The number of rotatable bonds is 2. The number of phenols is 1. The summed E-state index contributed by atoms with van der Waals surface area (Å²) in [7, 11) is 0. The molecule has 0 aliphatic carbocycles. The van der Waals surface area contributed by atoms with Crippen molar-refractivity contribution in [2.75, 3.05) is 6.61 Å². The largest absolute Gasteiger partial charge is 0.505 e. The molecule has 82 valence electrons. The summed E-state index contributed by atoms with van der Waals surface area (Å²) in [6, 6.07) is 3.94. The number of phenolic OH excluding ortho intramolecular Hbond substituents is 1. The van der Waals surface area contributed by atoms with Crippen molar-refractivity contribution in [1.29, 1.82) is 0 Å². The summed E-state index contributed by atoms with van der Waals surface area (Å²) in [5.74, 6) is -1.35. The fourth-order valence-electron chi connectivity index (χ4n) is 1.63. The van der Waals surface area contributed by atoms with Crippen LogP contribution in [-0.2, 0) is 4.74 Å². The molecule has 0 unspecified atom stereocenters. The van der Waals surface area contributed by atoms with Crippen molar-refractivity contribution in [3.63, 3.8) is 0 Å². The molecule has 1 N–H and O–H groups in total. The third kappa shape index (κ3) is 2.21. The summed E-state index contributed by atoms with van der Waals surface area (Å²) in [5.41, 5.74) is 0. The van der Waals surface area contributed by atoms with E-state index in [4.69, 9.17) is 14.6 Å². The predicted molar refractivity (Wildman–Crippen MR) is 52.3 cm³/mol. The van der Waals surface area contributed by atoms with Gasteiger partial charge < -0.3 is 14.6 Å². The average Bonchev–Trinajstić information content (AvgIpc) is 2.59. The van der Waals surface area contributed by atoms with E-state index in [2.05, 4.69) is 0 Å². The van der Waals surface area contributed by atoms with Crippen LogP contribution >= 0.6 is 0 Å². The van der Waals surface area contributed by atoms with Crippen molar-refractivity contribution in [3.05, 3.63) is 24.0 Å². The van der Waals surface area contributed by atoms with Gasteiger partial charge in [0.05, 0.1) is 6.61 Å². The van der Waals surface area contributed by atoms with Gasteiger partial charge in [-0.3, -0.25) is 0 Å². The molecular formula is C11H13FO3. The Morgan fingerprint density at radius 1 is 1.53 bits per heavy atom. The van der Waals surface area contributed by atoms with Crippen LogP contribution in [0.25, 0.3) is 0 Å². The van der Waals surface area contributed by atoms with E-state index < -0.39 is 11.6 Å². The zero-order valence-electron chi connectivity index (χ0n) is 8.50. The normalized spacial score (nSPS) is 25.5. The molecule has 1 aromatic carbocycles. The first-order valence-electron chi connectivity index (χ1n) is 4.91. The smallest absolute Gasteiger partial charge is 0.207 e. The Bertz CT molecular complexity index is 359. The first kappa shape index (κ1) is 10.2. The van der Waals surface area contributed by atoms with E-state index in [1.807, 2.05) is 6.92 Å². The quantitative estimate of drug-likeness (QED) is 0.818. The van der Waals surface area contributed by atoms with Crippen LogP contribution in [0, 0.1) is 5.82 Å². The molecule has 4 heteroatoms. The molecule has 1 fully saturated rings. The van der Waals surface area contributed by atoms with Crippen LogP contribution in [0.15, 0.2) is 18.2 Å². The highest BCUT2D eigenvalue weighted by Gasteiger charge is 2.32. The van der Waals surface area contributed by atoms with Gasteiger partial charge in [0, 0.05) is 19.4 Å². The topological polar surface area (TPSA) is 38.7 Å². The number of halogens is 1. The van der Waals surface area contributed by atoms with Crippen LogP contribution in [0.1, 0.15) is 19.8 Å². The van der Waals surface area contributed by atoms with E-state index in [1.165, 1.54) is 12.1 Å². The second kappa shape index (κ2) is 3.70. The molecule has 1 aromatic rings. The van der Waals surface area contributed by atoms with Gasteiger partial charge in [-0.05, 0) is 18.6 Å². The zero-order chi connectivity index (χ0) is 10.9. The molecule has 0 amide bonds. The van der Waals surface area contributed by atoms with Crippen molar-refractivity contribution < 1.29 is 19.0 Å². The molecule has 3 nitrogen and oxygen atoms in total. The van der Waals surface area contributed by atoms with Gasteiger partial charge in [0.1, 0.15) is 5.75 Å². The number of ether oxygens (including phenoxy) is 2. The molecular weight excluding hydrogens is 199 g/mol. The molecule has 1 saturated heterocycles. The Balaban J connectivity index is 2.13. The Labute approximate surface area is 87.4 Å². The van der Waals surface area contributed by atoms with Crippen molar-refractivity contribution in [2.45, 2.75) is 25.6 Å². The van der Waals surface area contributed by atoms with E-state index in [0.29, 0.717) is 12.4 Å². The van der Waals surface area contributed by atoms with Crippen LogP contribution < -0.4 is 4.74 Å². The van der Waals surface area contributed by atoms with Gasteiger partial charge in [-0.25, -0.2) is 4.39 Å². The highest BCUT2D eigenvalue weighted by atomic mass is 19.1. The minimum absolute atomic E-state index is 0.370. The molecule has 0 saturated carbocycles. The van der Waals surface area contributed by atoms with E-state index in [0.717, 1.165) is 18.9 Å². The molecule has 1 aliphatic heterocycles. The summed E-state index contributed by atoms with van der Waals surface area (Å²) >= 11 is 0. The van der Waals surface area contributed by atoms with Crippen molar-refractivity contribution >= 4 is 0 Å². The molecule has 1 heterocycles. The molecule has 0 radical (unpaired) electrons. The van der Waals surface area contributed by atoms with Crippen LogP contribution in [0.2, 0.25) is 0 Å². The maximum atomic E-state index is 13.0. The number of benzene rings is 1. The molecule has 0 bridgehead atoms. The summed E-state index contributed by atoms with van der Waals surface area (Å²) in [6.07, 6.45) is 1.73. The van der Waals surface area contributed by atoms with E-state index >= 15 is 0 Å². The second-order valence-electron chi connectivity index (χ2n) is 3.80. The Hall–Kier alpha value is -1.29. The monoisotopic (exact) mass is 212 g/mol. The van der Waals surface area contributed by atoms with Crippen LogP contribution in [0.3, 0.4) is 0 Å². The van der Waals surface area contributed by atoms with Gasteiger partial charge in [-0.1, -0.05) is 0 Å². The fraction of sp³-hybridized carbons (Fsp3) is 0.455. The van der Waals surface area contributed by atoms with E-state index in [1.54, 1.807) is 0 Å². The summed E-state index contributed by atoms with van der Waals surface area (Å²) in [5, 5.41) is 9.01. The van der Waals surface area contributed by atoms with E-state index in [9.17, 15) is 4.39 Å². The lowest BCUT2D eigenvalue weighted by Crippen LogP contribution is -2.30. The maximum absolute atomic E-state index is 13.0. The SMILES string of the molecule is C[C@]1(Oc2ccc(O)c(F)c2)CCCO1. The van der Waals surface area contributed by atoms with Crippen LogP contribution in [0.4, 0.5) is 4.39 Å². The summed E-state index contributed by atoms with van der Waals surface area (Å²) in [6.45, 7) is 2.49. The van der Waals surface area contributed by atoms with Gasteiger partial charge in [0.2, 0.25) is 5.79 Å². The molecule has 1 aliphatic rings. The number of hydrogen-bond acceptors (Lipinski definition) is 3. The first-order valence-corrected chi connectivity index (χ1v) is 4.91. The van der Waals surface area contributed by atoms with E-state index in [-0.39, 0.29) is 5.75 Å². The molecule has 15 heavy (non-hydrogen) atoms. The Morgan fingerprint density at radius 3 is 2.93 bits per heavy atom. The van der Waals surface area contributed by atoms with Gasteiger partial charge in [-0.2, -0.15) is 0 Å². The van der Waals surface area contributed by atoms with Crippen LogP contribution in [0.5, 0.6) is 11.5 Å². The highest BCUT2D eigenvalue weighted by Crippen LogP contribution is 2.30. The van der Waals surface area contributed by atoms with Crippen molar-refractivity contribution in [1.82, 2.24) is 0 Å². The first-order chi connectivity index (χ1) is 7.09. The Kier molecular flexibility index (Phi) is 2.52. The average molecular weight is 212 g/mol. The Morgan fingerprint density at radius 2 is 2.33 bits per heavy atom. The maximum Gasteiger partial charge on any atom is 0.207 e. The molecule has 2 rings (SSSR count). The van der Waals surface area contributed by atoms with Gasteiger partial charge in [0.15, 0.2) is 11.6 Å². The summed E-state index contributed by atoms with van der Waals surface area (Å²) < 4.78 is 23.9. The minimum atomic E-state index is -0.686. The molecule has 0 spiro atoms. The van der Waals surface area contributed by atoms with Gasteiger partial charge in [0.25, 0.3) is 0 Å². The van der Waals surface area contributed by atoms with Gasteiger partial charge in [-0.15, -0.1) is 0 Å². The zero-order valence-corrected chi connectivity index (χ0v) is 8.50. The van der Waals surface area contributed by atoms with Crippen molar-refractivity contribution in [2.24, 2.45) is 0 Å². The summed E-state index contributed by atoms with van der Waals surface area (Å²) in [4.78, 5) is 0. The standard InChI is InChI=1S/C11H13FO3/c1-11(5-2-6-14-11)15-8-3-4-10(13)9(12)7-8/h3-4,7,13H,2,5-6H2,1H3/t11-/m0/s1. The van der Waals surface area contributed by atoms with Gasteiger partial charge >= 0.3 is 0 Å². The lowest BCUT2D eigenvalue weighted by atomic mass is 10.2. The lowest BCUT2D eigenvalue weighted by molar-refractivity contribution is -0.134. The predicted octanol–water partition coefficient (Wildman–Crippen LogP) is 2.44. The second-order valence-corrected chi connectivity index (χ2v) is 3.80.